The third-order valence-corrected chi connectivity index (χ3v) is 14.6. The standard InChI is InChI=1S/C49H62F2N14O4/c1-49(2,3)65-47-40(45(52)55-28-56-47)41(59-65)42-39(44(69-60-42)31-6-7-31)46-53-25-32(26-54-46)30-12-17-63(18-13-30)38(67)5-4-14-61-15-10-29(11-16-61)27-62-19-21-64(22-20-62)43-34(50)23-33(24-35(43)51)57-36-8-9-37(66)58-48(36)68/h23-26,28-31,36,57H,4-22,27H2,1-3H3,(H2,52,55,56)(H,58,66,68). The van der Waals surface area contributed by atoms with Crippen molar-refractivity contribution in [1.82, 2.24) is 54.9 Å². The van der Waals surface area contributed by atoms with Crippen LogP contribution in [0.2, 0.25) is 0 Å². The molecule has 4 saturated heterocycles. The number of hydrogen-bond acceptors (Lipinski definition) is 15. The molecule has 1 aliphatic carbocycles. The lowest BCUT2D eigenvalue weighted by atomic mass is 9.91. The fourth-order valence-electron chi connectivity index (χ4n) is 10.6. The van der Waals surface area contributed by atoms with E-state index in [0.29, 0.717) is 72.6 Å². The fourth-order valence-corrected chi connectivity index (χ4v) is 10.6. The molecule has 4 aliphatic heterocycles. The number of nitrogens with zero attached hydrogens (tertiary/aromatic N) is 11. The Kier molecular flexibility index (Phi) is 13.0. The van der Waals surface area contributed by atoms with E-state index in [2.05, 4.69) is 56.3 Å². The van der Waals surface area contributed by atoms with E-state index in [0.717, 1.165) is 101 Å². The fraction of sp³-hybridized carbons (Fsp3) is 0.571. The van der Waals surface area contributed by atoms with Gasteiger partial charge in [0.2, 0.25) is 17.7 Å². The lowest BCUT2D eigenvalue weighted by Crippen LogP contribution is -2.49. The first-order valence-corrected chi connectivity index (χ1v) is 24.7. The maximum absolute atomic E-state index is 15.3. The number of aromatic nitrogens is 7. The molecule has 5 aromatic rings. The third-order valence-electron chi connectivity index (χ3n) is 14.6. The summed E-state index contributed by atoms with van der Waals surface area (Å²) < 4.78 is 38.4. The predicted octanol–water partition coefficient (Wildman–Crippen LogP) is 5.67. The van der Waals surface area contributed by atoms with Crippen LogP contribution in [0.4, 0.5) is 26.0 Å². The zero-order valence-corrected chi connectivity index (χ0v) is 39.7. The Morgan fingerprint density at radius 2 is 1.57 bits per heavy atom. The second kappa shape index (κ2) is 19.3. The second-order valence-corrected chi connectivity index (χ2v) is 20.5. The minimum Gasteiger partial charge on any atom is -0.383 e. The molecule has 4 aromatic heterocycles. The first kappa shape index (κ1) is 46.6. The van der Waals surface area contributed by atoms with Crippen molar-refractivity contribution in [3.63, 3.8) is 0 Å². The number of piperazine rings is 1. The Morgan fingerprint density at radius 3 is 2.23 bits per heavy atom. The molecule has 1 saturated carbocycles. The Hall–Kier alpha value is -6.15. The van der Waals surface area contributed by atoms with E-state index in [1.54, 1.807) is 4.90 Å². The number of fused-ring (bicyclic) bond motifs is 1. The van der Waals surface area contributed by atoms with Crippen LogP contribution in [0.25, 0.3) is 33.8 Å². The second-order valence-electron chi connectivity index (χ2n) is 20.5. The molecule has 1 atom stereocenters. The third kappa shape index (κ3) is 10.00. The molecule has 10 rings (SSSR count). The summed E-state index contributed by atoms with van der Waals surface area (Å²) in [6.45, 7) is 13.9. The summed E-state index contributed by atoms with van der Waals surface area (Å²) in [6, 6.07) is 1.73. The lowest BCUT2D eigenvalue weighted by Gasteiger charge is -2.39. The van der Waals surface area contributed by atoms with Gasteiger partial charge in [-0.3, -0.25) is 24.6 Å². The zero-order chi connectivity index (χ0) is 48.0. The van der Waals surface area contributed by atoms with Crippen LogP contribution in [0.15, 0.2) is 35.4 Å². The van der Waals surface area contributed by atoms with E-state index in [1.807, 2.05) is 22.0 Å². The van der Waals surface area contributed by atoms with Gasteiger partial charge in [0.05, 0.1) is 16.5 Å². The van der Waals surface area contributed by atoms with E-state index >= 15 is 8.78 Å². The van der Waals surface area contributed by atoms with Crippen molar-refractivity contribution in [3.05, 3.63) is 53.8 Å². The van der Waals surface area contributed by atoms with Crippen LogP contribution in [0.5, 0.6) is 0 Å². The number of imide groups is 1. The van der Waals surface area contributed by atoms with Crippen LogP contribution in [0.1, 0.15) is 108 Å². The Labute approximate surface area is 399 Å². The zero-order valence-electron chi connectivity index (χ0n) is 39.7. The van der Waals surface area contributed by atoms with Crippen molar-refractivity contribution >= 4 is 45.9 Å². The Balaban J connectivity index is 0.655. The van der Waals surface area contributed by atoms with E-state index < -0.39 is 23.6 Å². The molecule has 0 radical (unpaired) electrons. The van der Waals surface area contributed by atoms with Crippen LogP contribution >= 0.6 is 0 Å². The predicted molar refractivity (Wildman–Crippen MR) is 255 cm³/mol. The van der Waals surface area contributed by atoms with Crippen molar-refractivity contribution in [1.29, 1.82) is 0 Å². The summed E-state index contributed by atoms with van der Waals surface area (Å²) in [5.74, 6) is 0.694. The molecule has 1 aromatic carbocycles. The van der Waals surface area contributed by atoms with Gasteiger partial charge < -0.3 is 30.3 Å². The monoisotopic (exact) mass is 949 g/mol. The van der Waals surface area contributed by atoms with Crippen molar-refractivity contribution in [2.24, 2.45) is 5.92 Å². The molecular weight excluding hydrogens is 887 g/mol. The number of nitrogens with two attached hydrogens (primary N) is 1. The smallest absolute Gasteiger partial charge is 0.249 e. The maximum Gasteiger partial charge on any atom is 0.249 e. The number of hydrogen-bond donors (Lipinski definition) is 3. The minimum atomic E-state index is -0.718. The van der Waals surface area contributed by atoms with Gasteiger partial charge in [0, 0.05) is 82.7 Å². The number of carbonyl (C=O) groups is 3. The van der Waals surface area contributed by atoms with Gasteiger partial charge in [0.25, 0.3) is 0 Å². The summed E-state index contributed by atoms with van der Waals surface area (Å²) in [6.07, 6.45) is 13.0. The van der Waals surface area contributed by atoms with E-state index in [1.165, 1.54) is 18.5 Å². The largest absolute Gasteiger partial charge is 0.383 e. The molecule has 0 spiro atoms. The van der Waals surface area contributed by atoms with Gasteiger partial charge in [-0.2, -0.15) is 5.10 Å². The number of carbonyl (C=O) groups excluding carboxylic acids is 3. The first-order chi connectivity index (χ1) is 33.3. The van der Waals surface area contributed by atoms with Crippen LogP contribution in [-0.4, -0.2) is 139 Å². The SMILES string of the molecule is CC(C)(C)n1nc(-c2noc(C3CC3)c2-c2ncc(C3CCN(C(=O)CCCN4CCC(CN5CCN(c6c(F)cc(NC7CCC(=O)NC7=O)cc6F)CC5)CC4)CC3)cn2)c2c(N)ncnc21. The number of piperidine rings is 3. The maximum atomic E-state index is 15.3. The highest BCUT2D eigenvalue weighted by Crippen LogP contribution is 2.48. The molecule has 1 unspecified atom stereocenters. The van der Waals surface area contributed by atoms with Gasteiger partial charge in [-0.25, -0.2) is 33.4 Å². The highest BCUT2D eigenvalue weighted by molar-refractivity contribution is 6.02. The minimum absolute atomic E-state index is 0.0437. The molecule has 5 aliphatic rings. The number of nitrogens with one attached hydrogen (secondary N) is 2. The summed E-state index contributed by atoms with van der Waals surface area (Å²) in [5, 5.41) is 15.2. The average molecular weight is 949 g/mol. The van der Waals surface area contributed by atoms with Crippen LogP contribution in [0, 0.1) is 17.6 Å². The molecule has 8 heterocycles. The number of halogens is 2. The number of nitrogen functional groups attached to an aromatic ring is 1. The number of rotatable bonds is 13. The van der Waals surface area contributed by atoms with Crippen molar-refractivity contribution in [2.45, 2.75) is 108 Å². The van der Waals surface area contributed by atoms with Gasteiger partial charge in [0.1, 0.15) is 35.3 Å². The van der Waals surface area contributed by atoms with Crippen molar-refractivity contribution in [3.8, 4) is 22.8 Å². The highest BCUT2D eigenvalue weighted by atomic mass is 19.1. The molecule has 18 nitrogen and oxygen atoms in total. The average Bonchev–Trinajstić information content (AvgIpc) is 3.95. The molecule has 4 N–H and O–H groups in total. The Morgan fingerprint density at radius 1 is 0.855 bits per heavy atom. The van der Waals surface area contributed by atoms with Crippen LogP contribution < -0.4 is 21.3 Å². The van der Waals surface area contributed by atoms with Gasteiger partial charge in [-0.1, -0.05) is 5.16 Å². The van der Waals surface area contributed by atoms with Crippen molar-refractivity contribution in [2.75, 3.05) is 81.4 Å². The molecular formula is C49H62F2N14O4. The van der Waals surface area contributed by atoms with E-state index in [9.17, 15) is 14.4 Å². The number of amides is 3. The van der Waals surface area contributed by atoms with Gasteiger partial charge >= 0.3 is 0 Å². The summed E-state index contributed by atoms with van der Waals surface area (Å²) in [7, 11) is 0. The van der Waals surface area contributed by atoms with E-state index in [4.69, 9.17) is 25.3 Å². The lowest BCUT2D eigenvalue weighted by molar-refractivity contribution is -0.134. The van der Waals surface area contributed by atoms with Crippen LogP contribution in [0.3, 0.4) is 0 Å². The van der Waals surface area contributed by atoms with Crippen LogP contribution in [-0.2, 0) is 19.9 Å². The van der Waals surface area contributed by atoms with Crippen molar-refractivity contribution < 1.29 is 27.7 Å². The molecule has 69 heavy (non-hydrogen) atoms. The molecule has 5 fully saturated rings. The van der Waals surface area contributed by atoms with Gasteiger partial charge in [0.15, 0.2) is 28.9 Å². The summed E-state index contributed by atoms with van der Waals surface area (Å²) in [5.41, 5.74) is 9.66. The molecule has 3 amide bonds. The first-order valence-electron chi connectivity index (χ1n) is 24.7. The number of benzene rings is 1. The normalized spacial score (nSPS) is 20.5. The quantitative estimate of drug-likeness (QED) is 0.122. The molecule has 0 bridgehead atoms. The Bertz CT molecular complexity index is 2670. The summed E-state index contributed by atoms with van der Waals surface area (Å²) >= 11 is 0. The number of likely N-dealkylation sites (tertiary alicyclic amines) is 2. The van der Waals surface area contributed by atoms with Gasteiger partial charge in [-0.15, -0.1) is 0 Å². The molecule has 366 valence electrons. The number of anilines is 3. The van der Waals surface area contributed by atoms with E-state index in [-0.39, 0.29) is 53.4 Å². The highest BCUT2D eigenvalue weighted by Gasteiger charge is 2.37. The topological polar surface area (TPSA) is 210 Å². The summed E-state index contributed by atoms with van der Waals surface area (Å²) in [4.78, 5) is 64.2. The van der Waals surface area contributed by atoms with Gasteiger partial charge in [-0.05, 0) is 121 Å². The molecule has 20 heteroatoms.